The number of nitrogen functional groups attached to an aromatic ring is 8. The number of carbonyl (C=O) groups is 16. The van der Waals surface area contributed by atoms with Gasteiger partial charge in [-0.05, 0) is 201 Å². The van der Waals surface area contributed by atoms with Crippen LogP contribution in [0.5, 0.6) is 0 Å². The average molecular weight is 2100 g/mol. The van der Waals surface area contributed by atoms with Gasteiger partial charge in [0.1, 0.15) is 5.76 Å². The number of pyridine rings is 5. The number of furan rings is 1. The molecule has 16 amide bonds. The predicted octanol–water partition coefficient (Wildman–Crippen LogP) is 4.84. The van der Waals surface area contributed by atoms with Gasteiger partial charge in [-0.3, -0.25) is 145 Å². The second-order valence-corrected chi connectivity index (χ2v) is 36.7. The van der Waals surface area contributed by atoms with Gasteiger partial charge in [0.2, 0.25) is 0 Å². The van der Waals surface area contributed by atoms with Crippen LogP contribution in [0.25, 0.3) is 0 Å². The number of rotatable bonds is 30. The molecule has 14 rings (SSSR count). The summed E-state index contributed by atoms with van der Waals surface area (Å²) in [6, 6.07) is 51.0. The van der Waals surface area contributed by atoms with E-state index in [1.165, 1.54) is 13.3 Å². The van der Waals surface area contributed by atoms with Gasteiger partial charge in [-0.2, -0.15) is 0 Å². The van der Waals surface area contributed by atoms with E-state index in [0.29, 0.717) is 123 Å². The number of hydrazine groups is 8. The molecule has 14 aromatic rings. The quantitative estimate of drug-likeness (QED) is 0.0163. The van der Waals surface area contributed by atoms with Crippen LogP contribution in [0.2, 0.25) is 0 Å². The number of thiophene rings is 8. The van der Waals surface area contributed by atoms with Crippen molar-refractivity contribution in [3.05, 3.63) is 350 Å². The highest BCUT2D eigenvalue weighted by Gasteiger charge is 2.22. The number of hydrogen-bond donors (Lipinski definition) is 23. The fourth-order valence-electron chi connectivity index (χ4n) is 10.6. The average Bonchev–Trinajstić information content (AvgIpc) is 1.71. The van der Waals surface area contributed by atoms with E-state index in [0.717, 1.165) is 125 Å². The number of nitrogens with one attached hydrogen (secondary N) is 15. The first-order valence-corrected chi connectivity index (χ1v) is 47.9. The van der Waals surface area contributed by atoms with Crippen LogP contribution in [0.4, 0.5) is 0 Å². The van der Waals surface area contributed by atoms with Crippen molar-refractivity contribution in [2.45, 2.75) is 59.0 Å². The van der Waals surface area contributed by atoms with E-state index < -0.39 is 35.4 Å². The highest BCUT2D eigenvalue weighted by molar-refractivity contribution is 7.18. The number of hydrogen-bond acceptors (Lipinski definition) is 38. The number of nitrogens with zero attached hydrogens (tertiary/aromatic N) is 6. The summed E-state index contributed by atoms with van der Waals surface area (Å²) in [6.07, 6.45) is 15.7. The van der Waals surface area contributed by atoms with Crippen molar-refractivity contribution in [1.29, 1.82) is 0 Å². The Morgan fingerprint density at radius 3 is 0.944 bits per heavy atom. The van der Waals surface area contributed by atoms with Crippen molar-refractivity contribution < 1.29 is 81.1 Å². The monoisotopic (exact) mass is 2100 g/mol. The lowest BCUT2D eigenvalue weighted by molar-refractivity contribution is 0.0785. The third kappa shape index (κ3) is 38.9. The second-order valence-electron chi connectivity index (χ2n) is 28.0. The minimum absolute atomic E-state index is 0.0754. The molecular weight excluding hydrogens is 2000 g/mol. The molecule has 54 heteroatoms. The van der Waals surface area contributed by atoms with Crippen LogP contribution in [0.1, 0.15) is 202 Å². The molecular formula is C89H97N29O17S8. The minimum atomic E-state index is -0.412. The van der Waals surface area contributed by atoms with Crippen LogP contribution >= 0.6 is 90.7 Å². The molecule has 0 aliphatic carbocycles. The third-order valence-corrected chi connectivity index (χ3v) is 26.2. The Labute approximate surface area is 847 Å². The maximum atomic E-state index is 12.2. The molecule has 748 valence electrons. The molecule has 0 atom stereocenters. The highest BCUT2D eigenvalue weighted by Crippen LogP contribution is 2.24. The van der Waals surface area contributed by atoms with E-state index in [9.17, 15) is 76.7 Å². The zero-order valence-electron chi connectivity index (χ0n) is 76.1. The Hall–Kier alpha value is -16.2. The van der Waals surface area contributed by atoms with Crippen molar-refractivity contribution >= 4 is 185 Å². The van der Waals surface area contributed by atoms with Gasteiger partial charge in [-0.15, -0.1) is 90.7 Å². The molecule has 14 heterocycles. The van der Waals surface area contributed by atoms with E-state index >= 15 is 0 Å². The molecule has 0 aliphatic heterocycles. The van der Waals surface area contributed by atoms with Crippen molar-refractivity contribution in [2.24, 2.45) is 46.7 Å². The second kappa shape index (κ2) is 61.3. The predicted molar refractivity (Wildman–Crippen MR) is 540 cm³/mol. The molecule has 31 N–H and O–H groups in total. The maximum absolute atomic E-state index is 12.2. The number of nitrogens with two attached hydrogens (primary N) is 8. The van der Waals surface area contributed by atoms with Crippen molar-refractivity contribution in [3.8, 4) is 0 Å². The van der Waals surface area contributed by atoms with Gasteiger partial charge >= 0.3 is 0 Å². The summed E-state index contributed by atoms with van der Waals surface area (Å²) < 4.78 is 5.09. The van der Waals surface area contributed by atoms with Crippen LogP contribution in [0.3, 0.4) is 0 Å². The standard InChI is InChI=1S/2C13H14N4O2S.3C12H12N4O2S.C11H11N3O3S.C9H13N3O2S.C7H9N3O2S/c1-17(8-9-4-2-3-7-15-9)13(19)11-6-5-10(20-11)12(18)16-14;14-17-13(19)11-2-1-10(20-11)12(18)16-8-5-9-3-6-15-7-4-9;13-16-12(18)10-2-1-9(19-10)11(17)15-7-8-3-5-14-6-4-8;13-16-12(18)10-4-3-9(19-10)11(17)15-7-8-2-1-5-14-6-8;13-16-12(18)10-5-4-9(19-10)11(17)15-7-8-3-1-2-6-14-8;12-14-11(16)9-4-3-8(18-9)10(15)13-6-7-2-1-5-17-7;1-5(2)11-8(13)6-3-4-7(15-6)9(14)12-10;1-9-6(11)4-2-3-5(13-4)7(12)10-8/h2-7H,8,14H2,1H3,(H,16,18);1-4,6-7H,5,8,14H2,(H,16,18)(H,17,19);3*1-6H,7,13H2,(H,15,17)(H,16,18);1-5H,6,12H2,(H,13,15)(H,14,16);3-5H,10H2,1-2H3,(H,11,13)(H,12,14);2-3H,8H2,1H3,(H,9,11)(H,10,12). The van der Waals surface area contributed by atoms with E-state index in [-0.39, 0.29) is 65.1 Å². The summed E-state index contributed by atoms with van der Waals surface area (Å²) in [6.45, 7) is 6.14. The molecule has 0 unspecified atom stereocenters. The molecule has 0 saturated heterocycles. The first-order chi connectivity index (χ1) is 68.9. The molecule has 0 aromatic carbocycles. The van der Waals surface area contributed by atoms with Crippen LogP contribution in [-0.2, 0) is 39.1 Å². The fraction of sp³-hybridized carbons (Fsp3) is 0.135. The van der Waals surface area contributed by atoms with E-state index in [1.54, 1.807) is 177 Å². The smallest absolute Gasteiger partial charge is 0.275 e. The zero-order valence-corrected chi connectivity index (χ0v) is 82.6. The first kappa shape index (κ1) is 114. The lowest BCUT2D eigenvalue weighted by atomic mass is 10.2. The van der Waals surface area contributed by atoms with E-state index in [4.69, 9.17) is 51.2 Å². The van der Waals surface area contributed by atoms with Crippen LogP contribution < -0.4 is 127 Å². The lowest BCUT2D eigenvalue weighted by Crippen LogP contribution is -2.30. The van der Waals surface area contributed by atoms with Crippen LogP contribution in [0.15, 0.2) is 242 Å². The number of aromatic nitrogens is 5. The topological polar surface area (TPSA) is 743 Å². The Kier molecular flexibility index (Phi) is 48.8. The summed E-state index contributed by atoms with van der Waals surface area (Å²) in [5.41, 5.74) is 20.7. The molecule has 0 bridgehead atoms. The van der Waals surface area contributed by atoms with Gasteiger partial charge in [0.05, 0.1) is 115 Å². The summed E-state index contributed by atoms with van der Waals surface area (Å²) in [5, 5.41) is 18.9. The van der Waals surface area contributed by atoms with Gasteiger partial charge in [0, 0.05) is 89.3 Å². The number of carbonyl (C=O) groups excluding carboxylic acids is 16. The SMILES string of the molecule is CC(C)NC(=O)c1ccc(C(=O)NN)s1.CN(Cc1ccccn1)C(=O)c1ccc(C(=O)NN)s1.CNC(=O)c1ccc(C(=O)NN)s1.NNC(=O)c1ccc(C(=O)NCCc2ccncc2)s1.NNC(=O)c1ccc(C(=O)NCc2ccccn2)s1.NNC(=O)c1ccc(C(=O)NCc2cccnc2)s1.NNC(=O)c1ccc(C(=O)NCc2ccco2)s1.NNC(=O)c1ccc(C(=O)NCc2ccncc2)s1. The Balaban J connectivity index is 0.000000222. The van der Waals surface area contributed by atoms with Crippen LogP contribution in [0, 0.1) is 0 Å². The molecule has 143 heavy (non-hydrogen) atoms. The minimum Gasteiger partial charge on any atom is -0.467 e. The van der Waals surface area contributed by atoms with Gasteiger partial charge in [0.25, 0.3) is 94.5 Å². The van der Waals surface area contributed by atoms with Gasteiger partial charge in [-0.1, -0.05) is 18.2 Å². The Morgan fingerprint density at radius 1 is 0.301 bits per heavy atom. The Morgan fingerprint density at radius 2 is 0.615 bits per heavy atom. The van der Waals surface area contributed by atoms with Crippen molar-refractivity contribution in [1.82, 2.24) is 110 Å². The highest BCUT2D eigenvalue weighted by atomic mass is 32.1. The van der Waals surface area contributed by atoms with Crippen molar-refractivity contribution in [3.63, 3.8) is 0 Å². The van der Waals surface area contributed by atoms with Crippen molar-refractivity contribution in [2.75, 3.05) is 20.6 Å². The van der Waals surface area contributed by atoms with Crippen LogP contribution in [-0.4, -0.2) is 151 Å². The first-order valence-electron chi connectivity index (χ1n) is 41.4. The summed E-state index contributed by atoms with van der Waals surface area (Å²) in [4.78, 5) is 212. The zero-order chi connectivity index (χ0) is 104. The molecule has 0 radical (unpaired) electrons. The normalized spacial score (nSPS) is 9.97. The van der Waals surface area contributed by atoms with Gasteiger partial charge in [-0.25, -0.2) is 46.7 Å². The largest absolute Gasteiger partial charge is 0.467 e. The number of amides is 16. The summed E-state index contributed by atoms with van der Waals surface area (Å²) >= 11 is 8.76. The Bertz CT molecular complexity index is 6240. The molecule has 0 saturated carbocycles. The summed E-state index contributed by atoms with van der Waals surface area (Å²) in [5.74, 6) is 35.8. The molecule has 14 aromatic heterocycles. The van der Waals surface area contributed by atoms with E-state index in [2.05, 4.69) is 62.1 Å². The fourth-order valence-corrected chi connectivity index (χ4v) is 17.3. The molecule has 0 aliphatic rings. The summed E-state index contributed by atoms with van der Waals surface area (Å²) in [7, 11) is 3.23. The van der Waals surface area contributed by atoms with Gasteiger partial charge in [0.15, 0.2) is 0 Å². The molecule has 0 fully saturated rings. The molecule has 46 nitrogen and oxygen atoms in total. The van der Waals surface area contributed by atoms with Gasteiger partial charge < -0.3 is 46.5 Å². The van der Waals surface area contributed by atoms with E-state index in [1.807, 2.05) is 124 Å². The lowest BCUT2D eigenvalue weighted by Gasteiger charge is -2.15. The molecule has 0 spiro atoms. The third-order valence-electron chi connectivity index (χ3n) is 17.6. The maximum Gasteiger partial charge on any atom is 0.275 e.